The minimum Gasteiger partial charge on any atom is -0.492 e. The van der Waals surface area contributed by atoms with Crippen molar-refractivity contribution in [2.75, 3.05) is 25.0 Å². The molecule has 1 saturated heterocycles. The summed E-state index contributed by atoms with van der Waals surface area (Å²) in [4.78, 5) is 15.1. The zero-order chi connectivity index (χ0) is 18.4. The van der Waals surface area contributed by atoms with Gasteiger partial charge in [0.25, 0.3) is 0 Å². The number of amides is 1. The highest BCUT2D eigenvalue weighted by atomic mass is 79.9. The van der Waals surface area contributed by atoms with E-state index in [9.17, 15) is 4.79 Å². The maximum absolute atomic E-state index is 12.8. The average Bonchev–Trinajstić information content (AvgIpc) is 2.64. The molecule has 0 spiro atoms. The van der Waals surface area contributed by atoms with Gasteiger partial charge < -0.3 is 10.1 Å². The van der Waals surface area contributed by atoms with Crippen LogP contribution in [-0.2, 0) is 11.3 Å². The fourth-order valence-corrected chi connectivity index (χ4v) is 3.84. The summed E-state index contributed by atoms with van der Waals surface area (Å²) >= 11 is 3.52. The zero-order valence-electron chi connectivity index (χ0n) is 15.1. The second-order valence-electron chi connectivity index (χ2n) is 6.62. The molecule has 1 fully saturated rings. The monoisotopic (exact) mass is 416 g/mol. The molecule has 26 heavy (non-hydrogen) atoms. The number of nitrogens with one attached hydrogen (secondary N) is 1. The van der Waals surface area contributed by atoms with Crippen LogP contribution in [0.1, 0.15) is 25.3 Å². The lowest BCUT2D eigenvalue weighted by molar-refractivity contribution is -0.121. The van der Waals surface area contributed by atoms with Gasteiger partial charge in [-0.2, -0.15) is 0 Å². The highest BCUT2D eigenvalue weighted by Gasteiger charge is 2.26. The van der Waals surface area contributed by atoms with Crippen LogP contribution in [0.2, 0.25) is 0 Å². The minimum absolute atomic E-state index is 0.00517. The first-order valence-electron chi connectivity index (χ1n) is 9.15. The Morgan fingerprint density at radius 2 is 2.12 bits per heavy atom. The molecular weight excluding hydrogens is 392 g/mol. The van der Waals surface area contributed by atoms with Crippen LogP contribution >= 0.6 is 15.9 Å². The molecule has 3 rings (SSSR count). The van der Waals surface area contributed by atoms with Gasteiger partial charge in [-0.1, -0.05) is 40.2 Å². The topological polar surface area (TPSA) is 41.6 Å². The summed E-state index contributed by atoms with van der Waals surface area (Å²) in [5, 5.41) is 3.06. The van der Waals surface area contributed by atoms with Crippen molar-refractivity contribution in [2.45, 2.75) is 26.3 Å². The van der Waals surface area contributed by atoms with E-state index in [2.05, 4.69) is 44.3 Å². The molecule has 4 nitrogen and oxygen atoms in total. The maximum atomic E-state index is 12.8. The number of carbonyl (C=O) groups is 1. The minimum atomic E-state index is 0.00517. The van der Waals surface area contributed by atoms with Gasteiger partial charge in [0.05, 0.1) is 18.2 Å². The molecule has 2 aromatic carbocycles. The molecule has 0 saturated carbocycles. The van der Waals surface area contributed by atoms with Crippen molar-refractivity contribution >= 4 is 27.5 Å². The summed E-state index contributed by atoms with van der Waals surface area (Å²) in [6.07, 6.45) is 1.97. The number of piperidine rings is 1. The van der Waals surface area contributed by atoms with Crippen LogP contribution in [0.25, 0.3) is 0 Å². The first-order chi connectivity index (χ1) is 12.7. The Labute approximate surface area is 163 Å². The van der Waals surface area contributed by atoms with Crippen LogP contribution in [0, 0.1) is 5.92 Å². The van der Waals surface area contributed by atoms with Crippen molar-refractivity contribution in [1.82, 2.24) is 4.90 Å². The number of hydrogen-bond acceptors (Lipinski definition) is 3. The molecule has 1 aliphatic rings. The Bertz CT molecular complexity index is 750. The van der Waals surface area contributed by atoms with E-state index in [-0.39, 0.29) is 11.8 Å². The third kappa shape index (κ3) is 5.08. The van der Waals surface area contributed by atoms with Crippen LogP contribution in [0.3, 0.4) is 0 Å². The molecule has 1 aliphatic heterocycles. The van der Waals surface area contributed by atoms with Crippen molar-refractivity contribution in [3.63, 3.8) is 0 Å². The number of carbonyl (C=O) groups excluding carboxylic acids is 1. The summed E-state index contributed by atoms with van der Waals surface area (Å²) in [7, 11) is 0. The molecule has 0 radical (unpaired) electrons. The van der Waals surface area contributed by atoms with Crippen molar-refractivity contribution in [3.8, 4) is 5.75 Å². The van der Waals surface area contributed by atoms with Gasteiger partial charge in [-0.15, -0.1) is 0 Å². The fraction of sp³-hybridized carbons (Fsp3) is 0.381. The van der Waals surface area contributed by atoms with Crippen LogP contribution in [0.4, 0.5) is 5.69 Å². The van der Waals surface area contributed by atoms with E-state index in [1.165, 1.54) is 5.56 Å². The maximum Gasteiger partial charge on any atom is 0.228 e. The number of anilines is 1. The van der Waals surface area contributed by atoms with Crippen molar-refractivity contribution in [3.05, 3.63) is 58.6 Å². The number of likely N-dealkylation sites (tertiary alicyclic amines) is 1. The molecule has 1 unspecified atom stereocenters. The third-order valence-electron chi connectivity index (χ3n) is 4.62. The van der Waals surface area contributed by atoms with Gasteiger partial charge in [0, 0.05) is 17.6 Å². The Morgan fingerprint density at radius 3 is 2.92 bits per heavy atom. The first-order valence-corrected chi connectivity index (χ1v) is 9.94. The van der Waals surface area contributed by atoms with Crippen molar-refractivity contribution in [1.29, 1.82) is 0 Å². The Balaban J connectivity index is 1.61. The van der Waals surface area contributed by atoms with E-state index in [1.807, 2.05) is 37.3 Å². The molecule has 1 N–H and O–H groups in total. The van der Waals surface area contributed by atoms with E-state index in [1.54, 1.807) is 0 Å². The predicted octanol–water partition coefficient (Wildman–Crippen LogP) is 4.70. The molecule has 1 amide bonds. The lowest BCUT2D eigenvalue weighted by atomic mass is 9.96. The molecule has 2 aromatic rings. The second kappa shape index (κ2) is 9.19. The number of nitrogens with zero attached hydrogens (tertiary/aromatic N) is 1. The van der Waals surface area contributed by atoms with E-state index >= 15 is 0 Å². The number of benzene rings is 2. The normalized spacial score (nSPS) is 17.7. The molecule has 138 valence electrons. The number of halogens is 1. The smallest absolute Gasteiger partial charge is 0.228 e. The first kappa shape index (κ1) is 18.9. The number of para-hydroxylation sites is 2. The van der Waals surface area contributed by atoms with Crippen molar-refractivity contribution in [2.24, 2.45) is 5.92 Å². The van der Waals surface area contributed by atoms with E-state index in [0.29, 0.717) is 6.61 Å². The second-order valence-corrected chi connectivity index (χ2v) is 7.54. The van der Waals surface area contributed by atoms with E-state index < -0.39 is 0 Å². The summed E-state index contributed by atoms with van der Waals surface area (Å²) in [6, 6.07) is 16.0. The largest absolute Gasteiger partial charge is 0.492 e. The lowest BCUT2D eigenvalue weighted by Gasteiger charge is -2.32. The van der Waals surface area contributed by atoms with Gasteiger partial charge in [-0.05, 0) is 56.1 Å². The summed E-state index contributed by atoms with van der Waals surface area (Å²) in [5.41, 5.74) is 2.02. The fourth-order valence-electron chi connectivity index (χ4n) is 3.39. The highest BCUT2D eigenvalue weighted by Crippen LogP contribution is 2.26. The standard InChI is InChI=1S/C21H25BrN2O2/c1-2-26-20-11-4-3-10-19(20)23-21(25)17-8-6-12-24(15-17)14-16-7-5-9-18(22)13-16/h3-5,7,9-11,13,17H,2,6,8,12,14-15H2,1H3,(H,23,25). The summed E-state index contributed by atoms with van der Waals surface area (Å²) in [5.74, 6) is 0.812. The number of ether oxygens (including phenoxy) is 1. The van der Waals surface area contributed by atoms with Crippen LogP contribution < -0.4 is 10.1 Å². The zero-order valence-corrected chi connectivity index (χ0v) is 16.7. The Hall–Kier alpha value is -1.85. The molecule has 1 atom stereocenters. The molecule has 0 bridgehead atoms. The van der Waals surface area contributed by atoms with Gasteiger partial charge in [0.1, 0.15) is 5.75 Å². The van der Waals surface area contributed by atoms with Crippen molar-refractivity contribution < 1.29 is 9.53 Å². The highest BCUT2D eigenvalue weighted by molar-refractivity contribution is 9.10. The van der Waals surface area contributed by atoms with Crippen LogP contribution in [0.5, 0.6) is 5.75 Å². The Morgan fingerprint density at radius 1 is 1.27 bits per heavy atom. The molecule has 5 heteroatoms. The number of rotatable bonds is 6. The van der Waals surface area contributed by atoms with Gasteiger partial charge >= 0.3 is 0 Å². The lowest BCUT2D eigenvalue weighted by Crippen LogP contribution is -2.40. The van der Waals surface area contributed by atoms with Crippen LogP contribution in [-0.4, -0.2) is 30.5 Å². The van der Waals surface area contributed by atoms with E-state index in [4.69, 9.17) is 4.74 Å². The number of hydrogen-bond donors (Lipinski definition) is 1. The quantitative estimate of drug-likeness (QED) is 0.741. The predicted molar refractivity (Wildman–Crippen MR) is 108 cm³/mol. The molecular formula is C21H25BrN2O2. The summed E-state index contributed by atoms with van der Waals surface area (Å²) < 4.78 is 6.70. The summed E-state index contributed by atoms with van der Waals surface area (Å²) in [6.45, 7) is 5.22. The molecule has 0 aliphatic carbocycles. The van der Waals surface area contributed by atoms with Gasteiger partial charge in [-0.25, -0.2) is 0 Å². The molecule has 1 heterocycles. The average molecular weight is 417 g/mol. The SMILES string of the molecule is CCOc1ccccc1NC(=O)C1CCCN(Cc2cccc(Br)c2)C1. The molecule has 0 aromatic heterocycles. The van der Waals surface area contributed by atoms with Crippen LogP contribution in [0.15, 0.2) is 53.0 Å². The van der Waals surface area contributed by atoms with E-state index in [0.717, 1.165) is 48.4 Å². The van der Waals surface area contributed by atoms with Gasteiger partial charge in [0.2, 0.25) is 5.91 Å². The Kier molecular flexibility index (Phi) is 6.69. The van der Waals surface area contributed by atoms with Gasteiger partial charge in [-0.3, -0.25) is 9.69 Å². The third-order valence-corrected chi connectivity index (χ3v) is 5.11. The van der Waals surface area contributed by atoms with Gasteiger partial charge in [0.15, 0.2) is 0 Å².